The molecule has 0 aliphatic carbocycles. The van der Waals surface area contributed by atoms with E-state index in [4.69, 9.17) is 5.73 Å². The minimum absolute atomic E-state index is 0.104. The molecule has 0 unspecified atom stereocenters. The molecule has 0 spiro atoms. The molecule has 1 saturated heterocycles. The molecule has 1 heterocycles. The zero-order valence-corrected chi connectivity index (χ0v) is 13.5. The van der Waals surface area contributed by atoms with Crippen molar-refractivity contribution in [3.63, 3.8) is 0 Å². The molecule has 2 rings (SSSR count). The van der Waals surface area contributed by atoms with Gasteiger partial charge in [-0.1, -0.05) is 6.07 Å². The Morgan fingerprint density at radius 3 is 2.38 bits per heavy atom. The van der Waals surface area contributed by atoms with E-state index in [1.807, 2.05) is 0 Å². The topological polar surface area (TPSA) is 95.7 Å². The number of piperazine rings is 1. The predicted octanol–water partition coefficient (Wildman–Crippen LogP) is -0.507. The summed E-state index contributed by atoms with van der Waals surface area (Å²) in [5, 5.41) is 2.42. The van der Waals surface area contributed by atoms with Gasteiger partial charge in [-0.3, -0.25) is 14.4 Å². The zero-order valence-electron chi connectivity index (χ0n) is 13.5. The number of nitrogens with one attached hydrogen (secondary N) is 1. The molecule has 130 valence electrons. The molecule has 1 aromatic carbocycles. The molecule has 24 heavy (non-hydrogen) atoms. The number of aryl methyl sites for hydroxylation is 1. The highest BCUT2D eigenvalue weighted by atomic mass is 19.1. The van der Waals surface area contributed by atoms with Crippen molar-refractivity contribution in [2.75, 3.05) is 39.3 Å². The normalized spacial score (nSPS) is 14.5. The van der Waals surface area contributed by atoms with Crippen LogP contribution in [0.3, 0.4) is 0 Å². The molecule has 0 radical (unpaired) electrons. The van der Waals surface area contributed by atoms with Crippen LogP contribution in [-0.4, -0.2) is 66.8 Å². The van der Waals surface area contributed by atoms with Crippen molar-refractivity contribution < 1.29 is 18.8 Å². The van der Waals surface area contributed by atoms with Crippen molar-refractivity contribution in [3.05, 3.63) is 35.1 Å². The van der Waals surface area contributed by atoms with Crippen LogP contribution in [0.1, 0.15) is 15.9 Å². The Morgan fingerprint density at radius 1 is 1.17 bits per heavy atom. The lowest BCUT2D eigenvalue weighted by Gasteiger charge is -2.34. The summed E-state index contributed by atoms with van der Waals surface area (Å²) < 4.78 is 13.6. The SMILES string of the molecule is Cc1ccc(C(=O)N2CCN(C(=O)CNC(=O)CN)CC2)cc1F. The van der Waals surface area contributed by atoms with Crippen molar-refractivity contribution in [1.29, 1.82) is 0 Å². The summed E-state index contributed by atoms with van der Waals surface area (Å²) in [6.45, 7) is 2.85. The molecule has 1 aromatic rings. The molecule has 7 nitrogen and oxygen atoms in total. The first kappa shape index (κ1) is 17.9. The van der Waals surface area contributed by atoms with Crippen molar-refractivity contribution in [3.8, 4) is 0 Å². The number of rotatable bonds is 4. The Labute approximate surface area is 139 Å². The van der Waals surface area contributed by atoms with E-state index in [9.17, 15) is 18.8 Å². The van der Waals surface area contributed by atoms with Crippen molar-refractivity contribution in [1.82, 2.24) is 15.1 Å². The highest BCUT2D eigenvalue weighted by molar-refractivity contribution is 5.94. The maximum Gasteiger partial charge on any atom is 0.254 e. The zero-order chi connectivity index (χ0) is 17.7. The Balaban J connectivity index is 1.87. The van der Waals surface area contributed by atoms with E-state index in [1.54, 1.807) is 28.9 Å². The van der Waals surface area contributed by atoms with Gasteiger partial charge in [0.1, 0.15) is 5.82 Å². The number of nitrogens with zero attached hydrogens (tertiary/aromatic N) is 2. The molecule has 0 aromatic heterocycles. The van der Waals surface area contributed by atoms with Crippen LogP contribution in [0.2, 0.25) is 0 Å². The molecular formula is C16H21FN4O3. The highest BCUT2D eigenvalue weighted by Gasteiger charge is 2.25. The van der Waals surface area contributed by atoms with Crippen LogP contribution < -0.4 is 11.1 Å². The number of carbonyl (C=O) groups excluding carboxylic acids is 3. The summed E-state index contributed by atoms with van der Waals surface area (Å²) in [6, 6.07) is 4.40. The number of hydrogen-bond acceptors (Lipinski definition) is 4. The van der Waals surface area contributed by atoms with Crippen LogP contribution in [0.15, 0.2) is 18.2 Å². The standard InChI is InChI=1S/C16H21FN4O3/c1-11-2-3-12(8-13(11)17)16(24)21-6-4-20(5-7-21)15(23)10-19-14(22)9-18/h2-3,8H,4-7,9-10,18H2,1H3,(H,19,22). The maximum atomic E-state index is 13.6. The second kappa shape index (κ2) is 7.87. The van der Waals surface area contributed by atoms with E-state index in [1.165, 1.54) is 6.07 Å². The van der Waals surface area contributed by atoms with Crippen LogP contribution in [0, 0.1) is 12.7 Å². The van der Waals surface area contributed by atoms with Gasteiger partial charge in [-0.15, -0.1) is 0 Å². The quantitative estimate of drug-likeness (QED) is 0.774. The maximum absolute atomic E-state index is 13.6. The van der Waals surface area contributed by atoms with Gasteiger partial charge >= 0.3 is 0 Å². The van der Waals surface area contributed by atoms with E-state index in [0.717, 1.165) is 0 Å². The van der Waals surface area contributed by atoms with E-state index < -0.39 is 11.7 Å². The fourth-order valence-electron chi connectivity index (χ4n) is 2.43. The Bertz CT molecular complexity index is 642. The van der Waals surface area contributed by atoms with E-state index in [-0.39, 0.29) is 24.9 Å². The van der Waals surface area contributed by atoms with Gasteiger partial charge < -0.3 is 20.9 Å². The molecule has 3 amide bonds. The Kier molecular flexibility index (Phi) is 5.86. The third-order valence-electron chi connectivity index (χ3n) is 3.96. The van der Waals surface area contributed by atoms with Crippen LogP contribution in [-0.2, 0) is 9.59 Å². The lowest BCUT2D eigenvalue weighted by atomic mass is 10.1. The van der Waals surface area contributed by atoms with Gasteiger partial charge in [0.05, 0.1) is 13.1 Å². The van der Waals surface area contributed by atoms with Gasteiger partial charge in [-0.05, 0) is 24.6 Å². The smallest absolute Gasteiger partial charge is 0.254 e. The summed E-state index contributed by atoms with van der Waals surface area (Å²) in [5.74, 6) is -1.27. The average molecular weight is 336 g/mol. The second-order valence-corrected chi connectivity index (χ2v) is 5.62. The van der Waals surface area contributed by atoms with E-state index >= 15 is 0 Å². The fourth-order valence-corrected chi connectivity index (χ4v) is 2.43. The molecular weight excluding hydrogens is 315 g/mol. The minimum Gasteiger partial charge on any atom is -0.346 e. The van der Waals surface area contributed by atoms with Gasteiger partial charge in [0.15, 0.2) is 0 Å². The first-order valence-corrected chi connectivity index (χ1v) is 7.72. The molecule has 8 heteroatoms. The molecule has 0 atom stereocenters. The number of nitrogens with two attached hydrogens (primary N) is 1. The molecule has 3 N–H and O–H groups in total. The first-order valence-electron chi connectivity index (χ1n) is 7.72. The molecule has 1 aliphatic heterocycles. The van der Waals surface area contributed by atoms with Gasteiger partial charge in [-0.2, -0.15) is 0 Å². The monoisotopic (exact) mass is 336 g/mol. The highest BCUT2D eigenvalue weighted by Crippen LogP contribution is 2.13. The van der Waals surface area contributed by atoms with Crippen molar-refractivity contribution in [2.24, 2.45) is 5.73 Å². The molecule has 0 bridgehead atoms. The minimum atomic E-state index is -0.412. The molecule has 0 saturated carbocycles. The largest absolute Gasteiger partial charge is 0.346 e. The van der Waals surface area contributed by atoms with Gasteiger partial charge in [-0.25, -0.2) is 4.39 Å². The van der Waals surface area contributed by atoms with E-state index in [2.05, 4.69) is 5.32 Å². The van der Waals surface area contributed by atoms with Gasteiger partial charge in [0, 0.05) is 31.7 Å². The van der Waals surface area contributed by atoms with Gasteiger partial charge in [0.2, 0.25) is 11.8 Å². The number of halogens is 1. The number of benzene rings is 1. The summed E-state index contributed by atoms with van der Waals surface area (Å²) in [7, 11) is 0. The van der Waals surface area contributed by atoms with E-state index in [0.29, 0.717) is 37.3 Å². The number of hydrogen-bond donors (Lipinski definition) is 2. The first-order chi connectivity index (χ1) is 11.4. The van der Waals surface area contributed by atoms with Crippen LogP contribution in [0.5, 0.6) is 0 Å². The Hall–Kier alpha value is -2.48. The van der Waals surface area contributed by atoms with Crippen LogP contribution >= 0.6 is 0 Å². The third-order valence-corrected chi connectivity index (χ3v) is 3.96. The van der Waals surface area contributed by atoms with Gasteiger partial charge in [0.25, 0.3) is 5.91 Å². The summed E-state index contributed by atoms with van der Waals surface area (Å²) >= 11 is 0. The molecule has 1 fully saturated rings. The van der Waals surface area contributed by atoms with Crippen LogP contribution in [0.25, 0.3) is 0 Å². The average Bonchev–Trinajstić information content (AvgIpc) is 2.61. The fraction of sp³-hybridized carbons (Fsp3) is 0.438. The second-order valence-electron chi connectivity index (χ2n) is 5.62. The summed E-state index contributed by atoms with van der Waals surface area (Å²) in [4.78, 5) is 38.6. The Morgan fingerprint density at radius 2 is 1.79 bits per heavy atom. The summed E-state index contributed by atoms with van der Waals surface area (Å²) in [6.07, 6.45) is 0. The predicted molar refractivity (Wildman–Crippen MR) is 85.7 cm³/mol. The number of amides is 3. The third kappa shape index (κ3) is 4.29. The molecule has 1 aliphatic rings. The van der Waals surface area contributed by atoms with Crippen LogP contribution in [0.4, 0.5) is 4.39 Å². The van der Waals surface area contributed by atoms with Crippen molar-refractivity contribution >= 4 is 17.7 Å². The number of carbonyl (C=O) groups is 3. The lowest BCUT2D eigenvalue weighted by molar-refractivity contribution is -0.133. The lowest BCUT2D eigenvalue weighted by Crippen LogP contribution is -2.52. The summed E-state index contributed by atoms with van der Waals surface area (Å²) in [5.41, 5.74) is 5.94. The van der Waals surface area contributed by atoms with Crippen molar-refractivity contribution in [2.45, 2.75) is 6.92 Å².